The molecule has 0 spiro atoms. The number of nitrogens with zero attached hydrogens (tertiary/aromatic N) is 2. The van der Waals surface area contributed by atoms with Crippen molar-refractivity contribution in [1.82, 2.24) is 9.80 Å². The quantitative estimate of drug-likeness (QED) is 0.461. The van der Waals surface area contributed by atoms with Crippen LogP contribution in [0.2, 0.25) is 0 Å². The van der Waals surface area contributed by atoms with E-state index in [0.717, 1.165) is 13.1 Å². The van der Waals surface area contributed by atoms with E-state index in [1.54, 1.807) is 0 Å². The van der Waals surface area contributed by atoms with Crippen LogP contribution in [0.15, 0.2) is 5.57 Å². The monoisotopic (exact) mass is 301 g/mol. The number of hydrogen-bond acceptors (Lipinski definition) is 3. The molecule has 5 heteroatoms. The van der Waals surface area contributed by atoms with Crippen molar-refractivity contribution < 1.29 is 26.4 Å². The molecule has 1 N–H and O–H groups in total. The van der Waals surface area contributed by atoms with E-state index in [2.05, 4.69) is 44.1 Å². The molecule has 0 aromatic rings. The summed E-state index contributed by atoms with van der Waals surface area (Å²) in [5, 5.41) is 8.40. The molecule has 4 nitrogen and oxygen atoms in total. The molecule has 0 unspecified atom stereocenters. The van der Waals surface area contributed by atoms with E-state index in [0.29, 0.717) is 18.4 Å². The number of rotatable bonds is 6. The third-order valence-corrected chi connectivity index (χ3v) is 2.00. The molecule has 0 amide bonds. The van der Waals surface area contributed by atoms with Gasteiger partial charge in [0.25, 0.3) is 0 Å². The van der Waals surface area contributed by atoms with E-state index in [-0.39, 0.29) is 16.5 Å². The summed E-state index contributed by atoms with van der Waals surface area (Å²) < 4.78 is 0. The van der Waals surface area contributed by atoms with Gasteiger partial charge in [0.2, 0.25) is 0 Å². The van der Waals surface area contributed by atoms with Gasteiger partial charge in [-0.3, -0.25) is 6.08 Å². The van der Waals surface area contributed by atoms with Gasteiger partial charge in [-0.05, 0) is 28.2 Å². The van der Waals surface area contributed by atoms with Crippen LogP contribution in [-0.4, -0.2) is 62.2 Å². The van der Waals surface area contributed by atoms with Crippen molar-refractivity contribution in [3.05, 3.63) is 11.6 Å². The first-order valence-electron chi connectivity index (χ1n) is 5.97. The molecule has 0 aromatic heterocycles. The molecule has 0 saturated heterocycles. The number of likely N-dealkylation sites (N-methyl/N-ethyl adjacent to an activating group) is 2. The standard InChI is InChI=1S/C7H11O2.C6H16N2.Ni/c1-3-5-6(4-2)7(8)9;1-7(2)5-6-8(3)4;/h3-4H2,1-2H3,(H,8,9);5-6H2,1-4H3;/q-1;;. The van der Waals surface area contributed by atoms with Gasteiger partial charge in [0.1, 0.15) is 0 Å². The molecule has 0 rings (SSSR count). The Morgan fingerprint density at radius 1 is 1.06 bits per heavy atom. The van der Waals surface area contributed by atoms with Crippen LogP contribution in [0.4, 0.5) is 0 Å². The van der Waals surface area contributed by atoms with E-state index in [4.69, 9.17) is 5.11 Å². The minimum Gasteiger partial charge on any atom is -0.562 e. The Morgan fingerprint density at radius 2 is 1.44 bits per heavy atom. The maximum absolute atomic E-state index is 10.2. The average Bonchev–Trinajstić information content (AvgIpc) is 2.23. The molecule has 18 heavy (non-hydrogen) atoms. The fourth-order valence-electron chi connectivity index (χ4n) is 0.965. The predicted octanol–water partition coefficient (Wildman–Crippen LogP) is 1.73. The summed E-state index contributed by atoms with van der Waals surface area (Å²) in [5.41, 5.74) is 0.387. The second-order valence-electron chi connectivity index (χ2n) is 4.27. The van der Waals surface area contributed by atoms with Crippen molar-refractivity contribution >= 4 is 5.97 Å². The Labute approximate surface area is 122 Å². The average molecular weight is 302 g/mol. The van der Waals surface area contributed by atoms with Crippen molar-refractivity contribution in [2.45, 2.75) is 26.7 Å². The van der Waals surface area contributed by atoms with Gasteiger partial charge in [0.15, 0.2) is 5.97 Å². The largest absolute Gasteiger partial charge is 0.562 e. The van der Waals surface area contributed by atoms with Crippen LogP contribution in [0.3, 0.4) is 0 Å². The summed E-state index contributed by atoms with van der Waals surface area (Å²) in [4.78, 5) is 14.6. The fourth-order valence-corrected chi connectivity index (χ4v) is 0.965. The molecule has 0 aliphatic carbocycles. The number of carboxylic acids is 1. The molecule has 0 aliphatic heterocycles. The van der Waals surface area contributed by atoms with Gasteiger partial charge in [-0.15, -0.1) is 12.0 Å². The van der Waals surface area contributed by atoms with Crippen LogP contribution in [0.25, 0.3) is 0 Å². The Balaban J connectivity index is -0.000000238. The van der Waals surface area contributed by atoms with E-state index in [1.165, 1.54) is 0 Å². The Morgan fingerprint density at radius 3 is 1.56 bits per heavy atom. The van der Waals surface area contributed by atoms with Gasteiger partial charge < -0.3 is 19.7 Å². The molecule has 0 fully saturated rings. The molecule has 0 saturated carbocycles. The number of carboxylic acid groups (broad SMARTS) is 1. The molecule has 0 heterocycles. The Kier molecular flexibility index (Phi) is 18.6. The minimum absolute atomic E-state index is 0. The molecule has 0 aliphatic rings. The summed E-state index contributed by atoms with van der Waals surface area (Å²) >= 11 is 0. The predicted molar refractivity (Wildman–Crippen MR) is 72.1 cm³/mol. The molecular weight excluding hydrogens is 275 g/mol. The van der Waals surface area contributed by atoms with Crippen LogP contribution in [0.5, 0.6) is 0 Å². The van der Waals surface area contributed by atoms with Gasteiger partial charge in [-0.1, -0.05) is 20.3 Å². The number of hydrogen-bond donors (Lipinski definition) is 1. The first-order chi connectivity index (χ1) is 7.84. The van der Waals surface area contributed by atoms with Crippen molar-refractivity contribution in [1.29, 1.82) is 0 Å². The minimum atomic E-state index is -0.848. The van der Waals surface area contributed by atoms with E-state index in [1.807, 2.05) is 13.8 Å². The van der Waals surface area contributed by atoms with Crippen LogP contribution < -0.4 is 0 Å². The SMILES string of the molecule is CC[C-]=C(CC)C(=O)O.CN(C)CCN(C)C.[Ni]. The topological polar surface area (TPSA) is 43.8 Å². The van der Waals surface area contributed by atoms with Crippen molar-refractivity contribution in [2.75, 3.05) is 41.3 Å². The number of carbonyl (C=O) groups is 1. The normalized spacial score (nSPS) is 10.8. The number of allylic oxidation sites excluding steroid dienone is 1. The van der Waals surface area contributed by atoms with Crippen LogP contribution in [0.1, 0.15) is 26.7 Å². The van der Waals surface area contributed by atoms with Crippen molar-refractivity contribution in [3.8, 4) is 0 Å². The van der Waals surface area contributed by atoms with Crippen LogP contribution >= 0.6 is 0 Å². The second kappa shape index (κ2) is 14.7. The van der Waals surface area contributed by atoms with Gasteiger partial charge in [-0.2, -0.15) is 0 Å². The maximum atomic E-state index is 10.2. The van der Waals surface area contributed by atoms with Crippen LogP contribution in [0, 0.1) is 6.08 Å². The molecule has 0 atom stereocenters. The summed E-state index contributed by atoms with van der Waals surface area (Å²) in [6.07, 6.45) is 3.98. The summed E-state index contributed by atoms with van der Waals surface area (Å²) in [5.74, 6) is -0.848. The van der Waals surface area contributed by atoms with E-state index >= 15 is 0 Å². The molecule has 0 aromatic carbocycles. The van der Waals surface area contributed by atoms with Gasteiger partial charge in [-0.25, -0.2) is 0 Å². The van der Waals surface area contributed by atoms with Gasteiger partial charge in [0, 0.05) is 29.6 Å². The zero-order chi connectivity index (χ0) is 13.8. The summed E-state index contributed by atoms with van der Waals surface area (Å²) in [6, 6.07) is 0. The van der Waals surface area contributed by atoms with Gasteiger partial charge in [0.05, 0.1) is 0 Å². The fraction of sp³-hybridized carbons (Fsp3) is 0.769. The zero-order valence-corrected chi connectivity index (χ0v) is 13.4. The third-order valence-electron chi connectivity index (χ3n) is 2.00. The van der Waals surface area contributed by atoms with Crippen molar-refractivity contribution in [3.63, 3.8) is 0 Å². The Bertz CT molecular complexity index is 221. The van der Waals surface area contributed by atoms with E-state index in [9.17, 15) is 4.79 Å². The second-order valence-corrected chi connectivity index (χ2v) is 4.27. The third kappa shape index (κ3) is 18.0. The first-order valence-corrected chi connectivity index (χ1v) is 5.97. The summed E-state index contributed by atoms with van der Waals surface area (Å²) in [7, 11) is 8.35. The van der Waals surface area contributed by atoms with Crippen LogP contribution in [-0.2, 0) is 21.3 Å². The molecule has 112 valence electrons. The smallest absolute Gasteiger partial charge is 0.168 e. The summed E-state index contributed by atoms with van der Waals surface area (Å²) in [6.45, 7) is 5.98. The Hall–Kier alpha value is -0.376. The molecule has 0 radical (unpaired) electrons. The van der Waals surface area contributed by atoms with Crippen molar-refractivity contribution in [2.24, 2.45) is 0 Å². The zero-order valence-electron chi connectivity index (χ0n) is 12.4. The maximum Gasteiger partial charge on any atom is 0.168 e. The molecule has 0 bridgehead atoms. The van der Waals surface area contributed by atoms with Gasteiger partial charge >= 0.3 is 0 Å². The number of aliphatic carboxylic acids is 1. The van der Waals surface area contributed by atoms with E-state index < -0.39 is 5.97 Å². The first kappa shape index (κ1) is 22.8. The molecular formula is C13H27N2NiO2-.